The van der Waals surface area contributed by atoms with Crippen molar-refractivity contribution in [1.29, 1.82) is 0 Å². The summed E-state index contributed by atoms with van der Waals surface area (Å²) in [4.78, 5) is 1.35. The largest absolute Gasteiger partial charge is 0.502 e. The van der Waals surface area contributed by atoms with Crippen LogP contribution in [0.15, 0.2) is 35.9 Å². The summed E-state index contributed by atoms with van der Waals surface area (Å²) in [6.07, 6.45) is 3.64. The predicted molar refractivity (Wildman–Crippen MR) is 78.3 cm³/mol. The van der Waals surface area contributed by atoms with Crippen molar-refractivity contribution < 1.29 is 4.74 Å². The Morgan fingerprint density at radius 3 is 3.28 bits per heavy atom. The van der Waals surface area contributed by atoms with E-state index in [4.69, 9.17) is 16.3 Å². The molecule has 2 nitrogen and oxygen atoms in total. The van der Waals surface area contributed by atoms with Crippen molar-refractivity contribution in [2.24, 2.45) is 0 Å². The lowest BCUT2D eigenvalue weighted by molar-refractivity contribution is 0.242. The fourth-order valence-corrected chi connectivity index (χ4v) is 3.38. The quantitative estimate of drug-likeness (QED) is 0.629. The van der Waals surface area contributed by atoms with Crippen LogP contribution in [0.4, 0.5) is 0 Å². The minimum Gasteiger partial charge on any atom is -0.502 e. The maximum absolute atomic E-state index is 6.08. The van der Waals surface area contributed by atoms with Gasteiger partial charge in [-0.2, -0.15) is 0 Å². The summed E-state index contributed by atoms with van der Waals surface area (Å²) in [5.74, 6) is 1.16. The van der Waals surface area contributed by atoms with E-state index in [1.54, 1.807) is 0 Å². The molecule has 1 N–H and O–H groups in total. The highest BCUT2D eigenvalue weighted by Gasteiger charge is 2.20. The summed E-state index contributed by atoms with van der Waals surface area (Å²) < 4.78 is 5.11. The molecular weight excluding hydrogens is 266 g/mol. The van der Waals surface area contributed by atoms with Crippen LogP contribution >= 0.6 is 23.4 Å². The summed E-state index contributed by atoms with van der Waals surface area (Å²) in [5, 5.41) is 4.40. The summed E-state index contributed by atoms with van der Waals surface area (Å²) in [6.45, 7) is 5.20. The van der Waals surface area contributed by atoms with E-state index in [2.05, 4.69) is 24.0 Å². The van der Waals surface area contributed by atoms with E-state index in [0.717, 1.165) is 36.8 Å². The fraction of sp³-hybridized carbons (Fsp3) is 0.429. The van der Waals surface area contributed by atoms with E-state index in [-0.39, 0.29) is 0 Å². The second kappa shape index (κ2) is 7.07. The normalized spacial score (nSPS) is 18.2. The van der Waals surface area contributed by atoms with E-state index >= 15 is 0 Å². The molecule has 0 saturated heterocycles. The topological polar surface area (TPSA) is 21.3 Å². The Bertz CT molecular complexity index is 411. The zero-order chi connectivity index (χ0) is 12.8. The highest BCUT2D eigenvalue weighted by molar-refractivity contribution is 7.99. The number of benzene rings is 1. The SMILES string of the molecule is C=COCCCNC1CCSc2ccc(Cl)cc21. The second-order valence-electron chi connectivity index (χ2n) is 4.22. The third-order valence-corrected chi connectivity index (χ3v) is 4.32. The predicted octanol–water partition coefficient (Wildman–Crippen LogP) is 4.02. The number of hydrogen-bond donors (Lipinski definition) is 1. The van der Waals surface area contributed by atoms with Gasteiger partial charge in [0.2, 0.25) is 0 Å². The van der Waals surface area contributed by atoms with Crippen molar-refractivity contribution in [2.45, 2.75) is 23.8 Å². The Balaban J connectivity index is 1.91. The number of thioether (sulfide) groups is 1. The van der Waals surface area contributed by atoms with Gasteiger partial charge < -0.3 is 10.1 Å². The molecule has 0 aliphatic carbocycles. The molecule has 1 unspecified atom stereocenters. The Hall–Kier alpha value is -0.640. The molecule has 0 aromatic heterocycles. The first kappa shape index (κ1) is 13.8. The molecule has 0 bridgehead atoms. The van der Waals surface area contributed by atoms with E-state index in [9.17, 15) is 0 Å². The van der Waals surface area contributed by atoms with Gasteiger partial charge in [-0.3, -0.25) is 0 Å². The standard InChI is InChI=1S/C14H18ClNOS/c1-2-17-8-3-7-16-13-6-9-18-14-5-4-11(15)10-12(13)14/h2,4-5,10,13,16H,1,3,6-9H2. The Kier molecular flexibility index (Phi) is 5.42. The van der Waals surface area contributed by atoms with Gasteiger partial charge in [-0.05, 0) is 48.9 Å². The molecular formula is C14H18ClNOS. The molecule has 2 rings (SSSR count). The van der Waals surface area contributed by atoms with Crippen molar-refractivity contribution in [3.63, 3.8) is 0 Å². The van der Waals surface area contributed by atoms with Crippen molar-refractivity contribution >= 4 is 23.4 Å². The van der Waals surface area contributed by atoms with Crippen molar-refractivity contribution in [3.05, 3.63) is 41.6 Å². The zero-order valence-corrected chi connectivity index (χ0v) is 11.9. The van der Waals surface area contributed by atoms with Crippen LogP contribution in [0.3, 0.4) is 0 Å². The first-order valence-electron chi connectivity index (χ1n) is 6.19. The Labute approximate surface area is 118 Å². The molecule has 1 aromatic carbocycles. The van der Waals surface area contributed by atoms with Crippen LogP contribution in [-0.4, -0.2) is 18.9 Å². The van der Waals surface area contributed by atoms with Crippen LogP contribution in [0.2, 0.25) is 5.02 Å². The van der Waals surface area contributed by atoms with Crippen LogP contribution < -0.4 is 5.32 Å². The van der Waals surface area contributed by atoms with Gasteiger partial charge in [0.25, 0.3) is 0 Å². The molecule has 0 fully saturated rings. The van der Waals surface area contributed by atoms with Gasteiger partial charge in [-0.25, -0.2) is 0 Å². The molecule has 0 spiro atoms. The van der Waals surface area contributed by atoms with Crippen molar-refractivity contribution in [2.75, 3.05) is 18.9 Å². The molecule has 4 heteroatoms. The minimum absolute atomic E-state index is 0.420. The lowest BCUT2D eigenvalue weighted by atomic mass is 10.0. The fourth-order valence-electron chi connectivity index (χ4n) is 2.09. The average Bonchev–Trinajstić information content (AvgIpc) is 2.39. The van der Waals surface area contributed by atoms with E-state index in [0.29, 0.717) is 6.04 Å². The van der Waals surface area contributed by atoms with Gasteiger partial charge in [-0.1, -0.05) is 18.2 Å². The highest BCUT2D eigenvalue weighted by atomic mass is 35.5. The Morgan fingerprint density at radius 1 is 1.56 bits per heavy atom. The summed E-state index contributed by atoms with van der Waals surface area (Å²) in [5.41, 5.74) is 1.34. The molecule has 1 heterocycles. The molecule has 0 radical (unpaired) electrons. The van der Waals surface area contributed by atoms with Gasteiger partial charge in [0, 0.05) is 16.0 Å². The zero-order valence-electron chi connectivity index (χ0n) is 10.3. The van der Waals surface area contributed by atoms with Crippen LogP contribution in [0.5, 0.6) is 0 Å². The van der Waals surface area contributed by atoms with Crippen molar-refractivity contribution in [3.8, 4) is 0 Å². The monoisotopic (exact) mass is 283 g/mol. The van der Waals surface area contributed by atoms with Gasteiger partial charge in [0.05, 0.1) is 12.9 Å². The van der Waals surface area contributed by atoms with Crippen LogP contribution in [-0.2, 0) is 4.74 Å². The van der Waals surface area contributed by atoms with Gasteiger partial charge >= 0.3 is 0 Å². The number of fused-ring (bicyclic) bond motifs is 1. The smallest absolute Gasteiger partial charge is 0.0885 e. The van der Waals surface area contributed by atoms with Crippen LogP contribution in [0.1, 0.15) is 24.4 Å². The summed E-state index contributed by atoms with van der Waals surface area (Å²) in [6, 6.07) is 6.59. The second-order valence-corrected chi connectivity index (χ2v) is 5.79. The van der Waals surface area contributed by atoms with Crippen LogP contribution in [0.25, 0.3) is 0 Å². The van der Waals surface area contributed by atoms with E-state index in [1.807, 2.05) is 17.8 Å². The molecule has 1 aromatic rings. The van der Waals surface area contributed by atoms with E-state index < -0.39 is 0 Å². The number of nitrogens with one attached hydrogen (secondary N) is 1. The minimum atomic E-state index is 0.420. The Morgan fingerprint density at radius 2 is 2.44 bits per heavy atom. The molecule has 0 amide bonds. The molecule has 1 aliphatic rings. The molecule has 18 heavy (non-hydrogen) atoms. The highest BCUT2D eigenvalue weighted by Crippen LogP contribution is 2.37. The maximum atomic E-state index is 6.08. The third kappa shape index (κ3) is 3.67. The number of rotatable bonds is 6. The lowest BCUT2D eigenvalue weighted by Gasteiger charge is -2.26. The first-order valence-corrected chi connectivity index (χ1v) is 7.56. The van der Waals surface area contributed by atoms with Gasteiger partial charge in [-0.15, -0.1) is 11.8 Å². The molecule has 1 aliphatic heterocycles. The molecule has 98 valence electrons. The summed E-state index contributed by atoms with van der Waals surface area (Å²) >= 11 is 7.99. The maximum Gasteiger partial charge on any atom is 0.0885 e. The third-order valence-electron chi connectivity index (χ3n) is 2.96. The lowest BCUT2D eigenvalue weighted by Crippen LogP contribution is -2.26. The number of hydrogen-bond acceptors (Lipinski definition) is 3. The summed E-state index contributed by atoms with van der Waals surface area (Å²) in [7, 11) is 0. The van der Waals surface area contributed by atoms with Crippen molar-refractivity contribution in [1.82, 2.24) is 5.32 Å². The van der Waals surface area contributed by atoms with Crippen LogP contribution in [0, 0.1) is 0 Å². The van der Waals surface area contributed by atoms with E-state index in [1.165, 1.54) is 16.7 Å². The van der Waals surface area contributed by atoms with Gasteiger partial charge in [0.1, 0.15) is 0 Å². The first-order chi connectivity index (χ1) is 8.81. The van der Waals surface area contributed by atoms with Gasteiger partial charge in [0.15, 0.2) is 0 Å². The average molecular weight is 284 g/mol. The molecule has 1 atom stereocenters. The molecule has 0 saturated carbocycles. The number of halogens is 1. The number of ether oxygens (including phenoxy) is 1.